The zero-order chi connectivity index (χ0) is 41.3. The SMILES string of the molecule is C#C[C@@H](C)C(C)C.CC(C)[C@H](C)C=O.CC(C)[C@H](C)CO.CC(C)[C@H](N)CO.COP(=O)(OC)C(=[N+]=[N-])C(C)=O.O=C(Cl)OCc1ccccc1. The van der Waals surface area contributed by atoms with Gasteiger partial charge in [-0.2, -0.15) is 4.79 Å². The summed E-state index contributed by atoms with van der Waals surface area (Å²) in [6.07, 6.45) is 6.11. The van der Waals surface area contributed by atoms with Gasteiger partial charge in [0.25, 0.3) is 0 Å². The lowest BCUT2D eigenvalue weighted by molar-refractivity contribution is -0.115. The van der Waals surface area contributed by atoms with E-state index in [0.29, 0.717) is 42.1 Å². The van der Waals surface area contributed by atoms with Crippen LogP contribution in [0.4, 0.5) is 4.79 Å². The average molecular weight is 764 g/mol. The molecule has 0 aliphatic rings. The molecular weight excluding hydrogens is 697 g/mol. The minimum atomic E-state index is -3.70. The number of aliphatic hydroxyl groups is 2. The number of ether oxygens (including phenoxy) is 1. The van der Waals surface area contributed by atoms with Crippen LogP contribution in [0.15, 0.2) is 30.3 Å². The number of carbonyl (C=O) groups is 3. The molecule has 1 aromatic carbocycles. The molecule has 14 heteroatoms. The first-order valence-corrected chi connectivity index (χ1v) is 18.6. The van der Waals surface area contributed by atoms with E-state index < -0.39 is 24.3 Å². The molecule has 0 fully saturated rings. The highest BCUT2D eigenvalue weighted by atomic mass is 35.5. The quantitative estimate of drug-likeness (QED) is 0.0338. The topological polar surface area (TPSA) is 199 Å². The van der Waals surface area contributed by atoms with Gasteiger partial charge in [-0.1, -0.05) is 106 Å². The summed E-state index contributed by atoms with van der Waals surface area (Å²) in [5.41, 5.74) is 13.3. The summed E-state index contributed by atoms with van der Waals surface area (Å²) in [5.74, 6) is 5.25. The molecule has 4 N–H and O–H groups in total. The number of hydrogen-bond acceptors (Lipinski definition) is 10. The maximum atomic E-state index is 11.4. The zero-order valence-electron chi connectivity index (χ0n) is 33.3. The van der Waals surface area contributed by atoms with Crippen LogP contribution in [0, 0.1) is 53.8 Å². The highest BCUT2D eigenvalue weighted by molar-refractivity contribution is 7.74. The molecule has 1 aromatic rings. The van der Waals surface area contributed by atoms with Gasteiger partial charge in [-0.3, -0.25) is 4.79 Å². The summed E-state index contributed by atoms with van der Waals surface area (Å²) < 4.78 is 24.8. The fourth-order valence-electron chi connectivity index (χ4n) is 2.05. The molecule has 0 spiro atoms. The predicted molar refractivity (Wildman–Crippen MR) is 207 cm³/mol. The molecule has 0 aliphatic carbocycles. The number of ketones is 1. The number of terminal acetylenes is 1. The number of halogens is 1. The molecule has 0 bridgehead atoms. The van der Waals surface area contributed by atoms with E-state index >= 15 is 0 Å². The van der Waals surface area contributed by atoms with Gasteiger partial charge in [-0.15, -0.1) is 12.3 Å². The summed E-state index contributed by atoms with van der Waals surface area (Å²) >= 11 is 4.97. The first-order chi connectivity index (χ1) is 23.5. The molecule has 51 heavy (non-hydrogen) atoms. The molecule has 4 atom stereocenters. The molecule has 0 unspecified atom stereocenters. The molecule has 1 rings (SSSR count). The number of Topliss-reactive ketones (excluding diaryl/α,β-unsaturated/α-hetero) is 1. The van der Waals surface area contributed by atoms with Gasteiger partial charge in [-0.05, 0) is 35.2 Å². The van der Waals surface area contributed by atoms with Gasteiger partial charge in [0.15, 0.2) is 0 Å². The predicted octanol–water partition coefficient (Wildman–Crippen LogP) is 7.87. The van der Waals surface area contributed by atoms with Crippen molar-refractivity contribution in [3.8, 4) is 12.3 Å². The fraction of sp³-hybridized carbons (Fsp3) is 0.676. The van der Waals surface area contributed by atoms with Crippen LogP contribution in [0.2, 0.25) is 0 Å². The van der Waals surface area contributed by atoms with Crippen LogP contribution in [0.1, 0.15) is 88.6 Å². The summed E-state index contributed by atoms with van der Waals surface area (Å²) in [7, 11) is -1.51. The van der Waals surface area contributed by atoms with E-state index in [1.807, 2.05) is 71.9 Å². The third kappa shape index (κ3) is 35.5. The standard InChI is InChI=1S/C8H7ClO2.C7H12.C6H14O.C6H12O.C5H9N2O4P.C5H13NO/c9-8(10)11-6-7-4-2-1-3-5-7;1-5-7(4)6(2)3;2*1-5(2)6(3)4-7;1-4(8)5(7-6)12(9,10-2)11-3;1-4(2)5(6)3-7/h1-5H,6H2;1,6-7H,2-4H3;5-7H,4H2,1-3H3;4-6H,1-3H3;1-3H3;4-5,7H,3,6H2,1-2H3/t;7-;2*6-;;5-/m.111.1/s1. The van der Waals surface area contributed by atoms with Crippen LogP contribution in [0.25, 0.3) is 5.53 Å². The van der Waals surface area contributed by atoms with E-state index in [-0.39, 0.29) is 25.2 Å². The Morgan fingerprint density at radius 3 is 1.53 bits per heavy atom. The lowest BCUT2D eigenvalue weighted by Gasteiger charge is -2.10. The number of hydrogen-bond donors (Lipinski definition) is 3. The van der Waals surface area contributed by atoms with Crippen LogP contribution >= 0.6 is 19.2 Å². The minimum absolute atomic E-state index is 0.0417. The van der Waals surface area contributed by atoms with Crippen molar-refractivity contribution in [3.05, 3.63) is 41.4 Å². The fourth-order valence-corrected chi connectivity index (χ4v) is 3.10. The molecule has 296 valence electrons. The zero-order valence-corrected chi connectivity index (χ0v) is 35.0. The van der Waals surface area contributed by atoms with Crippen LogP contribution in [-0.4, -0.2) is 71.4 Å². The maximum Gasteiger partial charge on any atom is 0.446 e. The van der Waals surface area contributed by atoms with Crippen LogP contribution in [0.3, 0.4) is 0 Å². The third-order valence-electron chi connectivity index (χ3n) is 7.37. The lowest BCUT2D eigenvalue weighted by atomic mass is 10.00. The largest absolute Gasteiger partial charge is 0.449 e. The summed E-state index contributed by atoms with van der Waals surface area (Å²) in [4.78, 5) is 33.4. The van der Waals surface area contributed by atoms with Crippen molar-refractivity contribution in [2.24, 2.45) is 47.2 Å². The first kappa shape index (κ1) is 57.6. The summed E-state index contributed by atoms with van der Waals surface area (Å²) in [5, 5.41) is 16.9. The number of nitrogens with two attached hydrogens (primary N) is 1. The Morgan fingerprint density at radius 1 is 0.922 bits per heavy atom. The Hall–Kier alpha value is -2.71. The maximum absolute atomic E-state index is 11.4. The smallest absolute Gasteiger partial charge is 0.446 e. The van der Waals surface area contributed by atoms with E-state index in [0.717, 1.165) is 33.0 Å². The normalized spacial score (nSPS) is 12.4. The van der Waals surface area contributed by atoms with Gasteiger partial charge < -0.3 is 40.1 Å². The molecular formula is C37H67ClN3O9P. The Labute approximate surface area is 313 Å². The molecule has 0 heterocycles. The molecule has 0 saturated heterocycles. The first-order valence-electron chi connectivity index (χ1n) is 16.7. The Kier molecular flexibility index (Phi) is 40.3. The highest BCUT2D eigenvalue weighted by Crippen LogP contribution is 2.47. The van der Waals surface area contributed by atoms with Gasteiger partial charge in [-0.25, -0.2) is 9.36 Å². The Bertz CT molecular complexity index is 1150. The molecule has 0 radical (unpaired) electrons. The third-order valence-corrected chi connectivity index (χ3v) is 9.36. The molecule has 0 saturated carbocycles. The highest BCUT2D eigenvalue weighted by Gasteiger charge is 2.41. The van der Waals surface area contributed by atoms with E-state index in [4.69, 9.17) is 39.5 Å². The number of benzene rings is 1. The number of aldehydes is 1. The van der Waals surface area contributed by atoms with Crippen molar-refractivity contribution in [3.63, 3.8) is 0 Å². The van der Waals surface area contributed by atoms with Gasteiger partial charge in [0.05, 0.1) is 6.61 Å². The van der Waals surface area contributed by atoms with E-state index in [1.54, 1.807) is 0 Å². The second-order valence-corrected chi connectivity index (χ2v) is 15.2. The summed E-state index contributed by atoms with van der Waals surface area (Å²) in [6.45, 7) is 24.3. The molecule has 0 amide bonds. The second kappa shape index (κ2) is 35.7. The van der Waals surface area contributed by atoms with Crippen molar-refractivity contribution < 1.29 is 47.7 Å². The molecule has 0 aliphatic heterocycles. The van der Waals surface area contributed by atoms with Gasteiger partial charge in [0, 0.05) is 57.2 Å². The van der Waals surface area contributed by atoms with Gasteiger partial charge in [0.2, 0.25) is 5.78 Å². The van der Waals surface area contributed by atoms with Gasteiger partial charge in [0.1, 0.15) is 12.9 Å². The van der Waals surface area contributed by atoms with E-state index in [2.05, 4.69) is 59.1 Å². The van der Waals surface area contributed by atoms with Crippen molar-refractivity contribution in [2.45, 2.75) is 95.7 Å². The van der Waals surface area contributed by atoms with Crippen molar-refractivity contribution in [1.82, 2.24) is 0 Å². The second-order valence-electron chi connectivity index (χ2n) is 12.8. The van der Waals surface area contributed by atoms with Gasteiger partial charge >= 0.3 is 18.5 Å². The average Bonchev–Trinajstić information content (AvgIpc) is 3.10. The van der Waals surface area contributed by atoms with E-state index in [9.17, 15) is 18.9 Å². The number of nitrogens with zero attached hydrogens (tertiary/aromatic N) is 2. The molecule has 0 aromatic heterocycles. The Balaban J connectivity index is -0.000000169. The Morgan fingerprint density at radius 2 is 1.39 bits per heavy atom. The van der Waals surface area contributed by atoms with Crippen LogP contribution in [0.5, 0.6) is 0 Å². The summed E-state index contributed by atoms with van der Waals surface area (Å²) in [6, 6.07) is 9.32. The number of aliphatic hydroxyl groups excluding tert-OH is 2. The minimum Gasteiger partial charge on any atom is -0.449 e. The van der Waals surface area contributed by atoms with Crippen LogP contribution in [-0.2, 0) is 34.5 Å². The van der Waals surface area contributed by atoms with Crippen LogP contribution < -0.4 is 5.73 Å². The lowest BCUT2D eigenvalue weighted by Crippen LogP contribution is -2.29. The van der Waals surface area contributed by atoms with Crippen molar-refractivity contribution in [2.75, 3.05) is 27.4 Å². The van der Waals surface area contributed by atoms with Crippen molar-refractivity contribution in [1.29, 1.82) is 0 Å². The number of rotatable bonds is 13. The van der Waals surface area contributed by atoms with Crippen molar-refractivity contribution >= 4 is 42.1 Å². The molecule has 12 nitrogen and oxygen atoms in total. The monoisotopic (exact) mass is 763 g/mol. The van der Waals surface area contributed by atoms with E-state index in [1.165, 1.54) is 0 Å². The number of carbonyl (C=O) groups excluding carboxylic acids is 3.